The molecule has 7 heteroatoms. The Labute approximate surface area is 96.7 Å². The molecule has 7 nitrogen and oxygen atoms in total. The third kappa shape index (κ3) is 2.10. The van der Waals surface area contributed by atoms with E-state index in [4.69, 9.17) is 5.26 Å². The average Bonchev–Trinajstić information content (AvgIpc) is 2.86. The minimum absolute atomic E-state index is 0.0725. The van der Waals surface area contributed by atoms with Crippen LogP contribution in [0.4, 0.5) is 0 Å². The zero-order valence-corrected chi connectivity index (χ0v) is 8.95. The molecule has 0 saturated heterocycles. The number of hydrogen-bond acceptors (Lipinski definition) is 5. The summed E-state index contributed by atoms with van der Waals surface area (Å²) >= 11 is 0. The smallest absolute Gasteiger partial charge is 0.269 e. The fourth-order valence-electron chi connectivity index (χ4n) is 1.25. The summed E-state index contributed by atoms with van der Waals surface area (Å²) in [6.45, 7) is 0. The first-order chi connectivity index (χ1) is 8.24. The van der Waals surface area contributed by atoms with E-state index >= 15 is 0 Å². The number of carbonyl (C=O) groups excluding carboxylic acids is 1. The van der Waals surface area contributed by atoms with Crippen molar-refractivity contribution in [3.63, 3.8) is 0 Å². The highest BCUT2D eigenvalue weighted by Crippen LogP contribution is 2.06. The van der Waals surface area contributed by atoms with Gasteiger partial charge in [0.25, 0.3) is 11.7 Å². The maximum atomic E-state index is 11.4. The van der Waals surface area contributed by atoms with E-state index in [9.17, 15) is 4.79 Å². The van der Waals surface area contributed by atoms with Crippen LogP contribution in [0, 0.1) is 11.3 Å². The Balaban J connectivity index is 2.40. The summed E-state index contributed by atoms with van der Waals surface area (Å²) in [6.07, 6.45) is 2.90. The van der Waals surface area contributed by atoms with Gasteiger partial charge in [-0.2, -0.15) is 5.26 Å². The summed E-state index contributed by atoms with van der Waals surface area (Å²) < 4.78 is 1.41. The van der Waals surface area contributed by atoms with Gasteiger partial charge in [-0.3, -0.25) is 9.78 Å². The molecular weight excluding hydrogens is 220 g/mol. The number of rotatable bonds is 2. The molecule has 0 saturated carbocycles. The Morgan fingerprint density at radius 3 is 3.00 bits per heavy atom. The van der Waals surface area contributed by atoms with Crippen molar-refractivity contribution in [3.05, 3.63) is 36.2 Å². The predicted octanol–water partition coefficient (Wildman–Crippen LogP) is -0.106. The average molecular weight is 228 g/mol. The van der Waals surface area contributed by atoms with Gasteiger partial charge < -0.3 is 5.32 Å². The van der Waals surface area contributed by atoms with Crippen LogP contribution in [0.25, 0.3) is 5.69 Å². The molecule has 2 aromatic rings. The molecule has 0 radical (unpaired) electrons. The standard InChI is InChI=1S/C10H8N6O/c1-12-10(17)8-4-7(2-3-13-8)16-6-14-9(5-11)15-16/h2-4,6H,1H3,(H,12,17). The number of amides is 1. The molecule has 0 unspecified atom stereocenters. The van der Waals surface area contributed by atoms with Crippen molar-refractivity contribution in [2.24, 2.45) is 0 Å². The summed E-state index contributed by atoms with van der Waals surface area (Å²) in [4.78, 5) is 19.1. The molecule has 0 aromatic carbocycles. The molecule has 0 fully saturated rings. The summed E-state index contributed by atoms with van der Waals surface area (Å²) in [7, 11) is 1.53. The van der Waals surface area contributed by atoms with Crippen molar-refractivity contribution in [1.82, 2.24) is 25.1 Å². The Morgan fingerprint density at radius 1 is 1.53 bits per heavy atom. The van der Waals surface area contributed by atoms with E-state index in [0.717, 1.165) is 0 Å². The predicted molar refractivity (Wildman–Crippen MR) is 57.3 cm³/mol. The molecule has 1 N–H and O–H groups in total. The van der Waals surface area contributed by atoms with Crippen molar-refractivity contribution in [3.8, 4) is 11.8 Å². The van der Waals surface area contributed by atoms with Gasteiger partial charge in [0, 0.05) is 13.2 Å². The Bertz CT molecular complexity index is 597. The Kier molecular flexibility index (Phi) is 2.79. The van der Waals surface area contributed by atoms with Crippen LogP contribution in [0.1, 0.15) is 16.3 Å². The molecule has 0 atom stereocenters. The third-order valence-corrected chi connectivity index (χ3v) is 2.06. The van der Waals surface area contributed by atoms with Gasteiger partial charge in [0.1, 0.15) is 18.1 Å². The molecular formula is C10H8N6O. The second kappa shape index (κ2) is 4.40. The molecule has 2 heterocycles. The van der Waals surface area contributed by atoms with Crippen LogP contribution < -0.4 is 5.32 Å². The van der Waals surface area contributed by atoms with E-state index < -0.39 is 0 Å². The summed E-state index contributed by atoms with van der Waals surface area (Å²) in [6, 6.07) is 5.06. The lowest BCUT2D eigenvalue weighted by Gasteiger charge is -2.02. The van der Waals surface area contributed by atoms with Crippen LogP contribution in [0.15, 0.2) is 24.7 Å². The molecule has 1 amide bonds. The number of nitriles is 1. The fourth-order valence-corrected chi connectivity index (χ4v) is 1.25. The summed E-state index contributed by atoms with van der Waals surface area (Å²) in [5.74, 6) is -0.212. The molecule has 0 aliphatic heterocycles. The van der Waals surface area contributed by atoms with Gasteiger partial charge in [-0.15, -0.1) is 5.10 Å². The van der Waals surface area contributed by atoms with E-state index in [1.165, 1.54) is 24.3 Å². The van der Waals surface area contributed by atoms with Crippen molar-refractivity contribution < 1.29 is 4.79 Å². The lowest BCUT2D eigenvalue weighted by atomic mass is 10.3. The summed E-state index contributed by atoms with van der Waals surface area (Å²) in [5, 5.41) is 15.0. The van der Waals surface area contributed by atoms with Gasteiger partial charge in [0.2, 0.25) is 0 Å². The maximum absolute atomic E-state index is 11.4. The first kappa shape index (κ1) is 10.8. The van der Waals surface area contributed by atoms with E-state index in [-0.39, 0.29) is 17.4 Å². The molecule has 2 aromatic heterocycles. The Morgan fingerprint density at radius 2 is 2.35 bits per heavy atom. The zero-order valence-electron chi connectivity index (χ0n) is 8.95. The minimum atomic E-state index is -0.285. The van der Waals surface area contributed by atoms with E-state index in [1.807, 2.05) is 6.07 Å². The molecule has 0 aliphatic carbocycles. The lowest BCUT2D eigenvalue weighted by molar-refractivity contribution is 0.0958. The highest BCUT2D eigenvalue weighted by atomic mass is 16.1. The van der Waals surface area contributed by atoms with Crippen LogP contribution in [0.2, 0.25) is 0 Å². The second-order valence-corrected chi connectivity index (χ2v) is 3.10. The van der Waals surface area contributed by atoms with Gasteiger partial charge >= 0.3 is 0 Å². The van der Waals surface area contributed by atoms with Crippen LogP contribution in [-0.2, 0) is 0 Å². The maximum Gasteiger partial charge on any atom is 0.269 e. The molecule has 2 rings (SSSR count). The molecule has 0 spiro atoms. The number of aromatic nitrogens is 4. The monoisotopic (exact) mass is 228 g/mol. The van der Waals surface area contributed by atoms with Gasteiger partial charge in [0.15, 0.2) is 0 Å². The third-order valence-electron chi connectivity index (χ3n) is 2.06. The van der Waals surface area contributed by atoms with Crippen molar-refractivity contribution in [2.45, 2.75) is 0 Å². The second-order valence-electron chi connectivity index (χ2n) is 3.10. The quantitative estimate of drug-likeness (QED) is 0.773. The topological polar surface area (TPSA) is 96.5 Å². The van der Waals surface area contributed by atoms with Crippen LogP contribution in [0.3, 0.4) is 0 Å². The summed E-state index contributed by atoms with van der Waals surface area (Å²) in [5.41, 5.74) is 0.895. The van der Waals surface area contributed by atoms with Gasteiger partial charge in [-0.05, 0) is 12.1 Å². The molecule has 17 heavy (non-hydrogen) atoms. The Hall–Kier alpha value is -2.75. The zero-order chi connectivity index (χ0) is 12.3. The molecule has 0 aliphatic rings. The van der Waals surface area contributed by atoms with Gasteiger partial charge in [-0.1, -0.05) is 0 Å². The number of pyridine rings is 1. The number of nitrogens with zero attached hydrogens (tertiary/aromatic N) is 5. The number of nitrogens with one attached hydrogen (secondary N) is 1. The van der Waals surface area contributed by atoms with E-state index in [0.29, 0.717) is 5.69 Å². The number of carbonyl (C=O) groups is 1. The van der Waals surface area contributed by atoms with Crippen LogP contribution in [-0.4, -0.2) is 32.7 Å². The van der Waals surface area contributed by atoms with Gasteiger partial charge in [-0.25, -0.2) is 9.67 Å². The highest BCUT2D eigenvalue weighted by molar-refractivity contribution is 5.92. The fraction of sp³-hybridized carbons (Fsp3) is 0.100. The van der Waals surface area contributed by atoms with Crippen LogP contribution >= 0.6 is 0 Å². The minimum Gasteiger partial charge on any atom is -0.354 e. The van der Waals surface area contributed by atoms with Gasteiger partial charge in [0.05, 0.1) is 5.69 Å². The lowest BCUT2D eigenvalue weighted by Crippen LogP contribution is -2.19. The first-order valence-corrected chi connectivity index (χ1v) is 4.75. The normalized spacial score (nSPS) is 9.65. The van der Waals surface area contributed by atoms with Crippen molar-refractivity contribution in [2.75, 3.05) is 7.05 Å². The number of hydrogen-bond donors (Lipinski definition) is 1. The van der Waals surface area contributed by atoms with E-state index in [1.54, 1.807) is 12.1 Å². The first-order valence-electron chi connectivity index (χ1n) is 4.75. The SMILES string of the molecule is CNC(=O)c1cc(-n2cnc(C#N)n2)ccn1. The largest absolute Gasteiger partial charge is 0.354 e. The molecule has 0 bridgehead atoms. The van der Waals surface area contributed by atoms with Crippen molar-refractivity contribution in [1.29, 1.82) is 5.26 Å². The van der Waals surface area contributed by atoms with E-state index in [2.05, 4.69) is 20.4 Å². The van der Waals surface area contributed by atoms with Crippen LogP contribution in [0.5, 0.6) is 0 Å². The van der Waals surface area contributed by atoms with Crippen molar-refractivity contribution >= 4 is 5.91 Å². The molecule has 84 valence electrons. The highest BCUT2D eigenvalue weighted by Gasteiger charge is 2.07.